The summed E-state index contributed by atoms with van der Waals surface area (Å²) in [7, 11) is 0. The van der Waals surface area contributed by atoms with E-state index in [9.17, 15) is 4.79 Å². The number of thiocarbonyl (C=S) groups is 1. The van der Waals surface area contributed by atoms with E-state index in [0.29, 0.717) is 23.0 Å². The van der Waals surface area contributed by atoms with Crippen LogP contribution >= 0.6 is 12.2 Å². The third-order valence-corrected chi connectivity index (χ3v) is 4.09. The summed E-state index contributed by atoms with van der Waals surface area (Å²) in [4.78, 5) is 11.4. The van der Waals surface area contributed by atoms with Gasteiger partial charge < -0.3 is 5.32 Å². The van der Waals surface area contributed by atoms with Crippen LogP contribution in [0.5, 0.6) is 0 Å². The van der Waals surface area contributed by atoms with Crippen molar-refractivity contribution >= 4 is 23.2 Å². The molecule has 0 bridgehead atoms. The topological polar surface area (TPSA) is 53.2 Å². The van der Waals surface area contributed by atoms with Crippen molar-refractivity contribution in [2.24, 2.45) is 11.8 Å². The van der Waals surface area contributed by atoms with E-state index in [1.54, 1.807) is 12.2 Å². The van der Waals surface area contributed by atoms with Crippen molar-refractivity contribution in [2.45, 2.75) is 46.1 Å². The first kappa shape index (κ1) is 16.7. The second kappa shape index (κ2) is 8.74. The van der Waals surface area contributed by atoms with Crippen LogP contribution in [0.4, 0.5) is 0 Å². The van der Waals surface area contributed by atoms with Gasteiger partial charge in [0.05, 0.1) is 0 Å². The van der Waals surface area contributed by atoms with Gasteiger partial charge in [0.1, 0.15) is 0 Å². The summed E-state index contributed by atoms with van der Waals surface area (Å²) in [5.74, 6) is 1.08. The molecule has 5 heteroatoms. The summed E-state index contributed by atoms with van der Waals surface area (Å²) < 4.78 is 0. The number of nitrogens with one attached hydrogen (secondary N) is 3. The van der Waals surface area contributed by atoms with Crippen LogP contribution in [0.3, 0.4) is 0 Å². The van der Waals surface area contributed by atoms with E-state index >= 15 is 0 Å². The van der Waals surface area contributed by atoms with Gasteiger partial charge in [-0.25, -0.2) is 0 Å². The van der Waals surface area contributed by atoms with Crippen molar-refractivity contribution in [1.82, 2.24) is 16.2 Å². The van der Waals surface area contributed by atoms with Crippen molar-refractivity contribution in [3.05, 3.63) is 24.3 Å². The van der Waals surface area contributed by atoms with Gasteiger partial charge in [-0.1, -0.05) is 44.9 Å². The molecular formula is C15H25N3OS. The average molecular weight is 295 g/mol. The zero-order valence-corrected chi connectivity index (χ0v) is 13.3. The minimum Gasteiger partial charge on any atom is -0.358 e. The molecule has 112 valence electrons. The van der Waals surface area contributed by atoms with Crippen LogP contribution in [0.2, 0.25) is 0 Å². The lowest BCUT2D eigenvalue weighted by Crippen LogP contribution is -2.52. The van der Waals surface area contributed by atoms with Crippen LogP contribution in [0.25, 0.3) is 0 Å². The molecule has 1 amide bonds. The molecule has 0 radical (unpaired) electrons. The first-order chi connectivity index (χ1) is 9.54. The van der Waals surface area contributed by atoms with Crippen molar-refractivity contribution < 1.29 is 4.79 Å². The van der Waals surface area contributed by atoms with Crippen molar-refractivity contribution in [3.8, 4) is 0 Å². The second-order valence-electron chi connectivity index (χ2n) is 5.35. The maximum Gasteiger partial charge on any atom is 0.262 e. The number of hydrogen-bond acceptors (Lipinski definition) is 2. The average Bonchev–Trinajstić information content (AvgIpc) is 2.42. The third-order valence-electron chi connectivity index (χ3n) is 3.87. The van der Waals surface area contributed by atoms with Crippen LogP contribution in [0.1, 0.15) is 40.0 Å². The van der Waals surface area contributed by atoms with Crippen molar-refractivity contribution in [3.63, 3.8) is 0 Å². The van der Waals surface area contributed by atoms with Gasteiger partial charge in [-0.3, -0.25) is 15.6 Å². The normalized spacial score (nSPS) is 26.6. The molecule has 0 spiro atoms. The molecule has 4 nitrogen and oxygen atoms in total. The maximum atomic E-state index is 11.4. The Morgan fingerprint density at radius 2 is 1.95 bits per heavy atom. The van der Waals surface area contributed by atoms with Crippen LogP contribution in [0.15, 0.2) is 24.3 Å². The lowest BCUT2D eigenvalue weighted by Gasteiger charge is -2.35. The first-order valence-corrected chi connectivity index (χ1v) is 7.61. The number of allylic oxidation sites excluding steroid dienone is 3. The van der Waals surface area contributed by atoms with Crippen molar-refractivity contribution in [1.29, 1.82) is 0 Å². The minimum absolute atomic E-state index is 0.225. The van der Waals surface area contributed by atoms with Gasteiger partial charge in [-0.15, -0.1) is 0 Å². The summed E-state index contributed by atoms with van der Waals surface area (Å²) in [6.07, 6.45) is 10.4. The molecule has 20 heavy (non-hydrogen) atoms. The Kier molecular flexibility index (Phi) is 7.30. The fraction of sp³-hybridized carbons (Fsp3) is 0.600. The molecule has 1 saturated carbocycles. The van der Waals surface area contributed by atoms with E-state index < -0.39 is 0 Å². The molecule has 0 aliphatic heterocycles. The molecule has 1 aliphatic rings. The zero-order chi connectivity index (χ0) is 15.0. The fourth-order valence-corrected chi connectivity index (χ4v) is 2.61. The molecule has 0 heterocycles. The Labute approximate surface area is 127 Å². The summed E-state index contributed by atoms with van der Waals surface area (Å²) >= 11 is 5.21. The quantitative estimate of drug-likeness (QED) is 0.324. The summed E-state index contributed by atoms with van der Waals surface area (Å²) in [5.41, 5.74) is 5.28. The summed E-state index contributed by atoms with van der Waals surface area (Å²) in [6, 6.07) is 0.384. The fourth-order valence-electron chi connectivity index (χ4n) is 2.40. The number of rotatable bonds is 3. The highest BCUT2D eigenvalue weighted by Crippen LogP contribution is 2.29. The monoisotopic (exact) mass is 295 g/mol. The highest BCUT2D eigenvalue weighted by atomic mass is 32.1. The van der Waals surface area contributed by atoms with Gasteiger partial charge in [0, 0.05) is 12.1 Å². The molecule has 1 rings (SSSR count). The summed E-state index contributed by atoms with van der Waals surface area (Å²) in [5, 5.41) is 3.76. The SMILES string of the molecule is C/C=C/C=C/C(=O)NNC(=S)N[C@H]1CCC[C@@H](C)[C@@H]1C. The lowest BCUT2D eigenvalue weighted by atomic mass is 9.78. The summed E-state index contributed by atoms with van der Waals surface area (Å²) in [6.45, 7) is 6.43. The van der Waals surface area contributed by atoms with Crippen molar-refractivity contribution in [2.75, 3.05) is 0 Å². The smallest absolute Gasteiger partial charge is 0.262 e. The number of hydrogen-bond donors (Lipinski definition) is 3. The van der Waals surface area contributed by atoms with E-state index in [0.717, 1.165) is 6.42 Å². The molecule has 1 aliphatic carbocycles. The lowest BCUT2D eigenvalue weighted by molar-refractivity contribution is -0.117. The van der Waals surface area contributed by atoms with Gasteiger partial charge in [0.15, 0.2) is 5.11 Å². The van der Waals surface area contributed by atoms with Gasteiger partial charge in [0.25, 0.3) is 5.91 Å². The Hall–Kier alpha value is -1.36. The van der Waals surface area contributed by atoms with Gasteiger partial charge >= 0.3 is 0 Å². The van der Waals surface area contributed by atoms with Crippen LogP contribution < -0.4 is 16.2 Å². The van der Waals surface area contributed by atoms with E-state index in [2.05, 4.69) is 30.0 Å². The largest absolute Gasteiger partial charge is 0.358 e. The van der Waals surface area contributed by atoms with E-state index in [1.165, 1.54) is 18.9 Å². The van der Waals surface area contributed by atoms with Crippen LogP contribution in [-0.2, 0) is 4.79 Å². The number of carbonyl (C=O) groups is 1. The highest BCUT2D eigenvalue weighted by Gasteiger charge is 2.27. The molecule has 1 fully saturated rings. The molecule has 0 aromatic carbocycles. The maximum absolute atomic E-state index is 11.4. The standard InChI is InChI=1S/C15H25N3OS/c1-4-5-6-10-14(19)17-18-15(20)16-13-9-7-8-11(2)12(13)3/h4-6,10-13H,7-9H2,1-3H3,(H,17,19)(H2,16,18,20)/b5-4+,10-6+/t11-,12+,13+/m1/s1. The van der Waals surface area contributed by atoms with Crippen LogP contribution in [0, 0.1) is 11.8 Å². The predicted molar refractivity (Wildman–Crippen MR) is 86.9 cm³/mol. The Bertz CT molecular complexity index is 393. The first-order valence-electron chi connectivity index (χ1n) is 7.20. The Morgan fingerprint density at radius 1 is 1.20 bits per heavy atom. The van der Waals surface area contributed by atoms with Gasteiger partial charge in [-0.2, -0.15) is 0 Å². The Morgan fingerprint density at radius 3 is 2.65 bits per heavy atom. The molecule has 0 saturated heterocycles. The predicted octanol–water partition coefficient (Wildman–Crippen LogP) is 2.44. The van der Waals surface area contributed by atoms with Crippen LogP contribution in [-0.4, -0.2) is 17.1 Å². The van der Waals surface area contributed by atoms with E-state index in [4.69, 9.17) is 12.2 Å². The van der Waals surface area contributed by atoms with Gasteiger partial charge in [0.2, 0.25) is 0 Å². The van der Waals surface area contributed by atoms with E-state index in [1.807, 2.05) is 13.0 Å². The second-order valence-corrected chi connectivity index (χ2v) is 5.75. The Balaban J connectivity index is 2.31. The molecule has 0 unspecified atom stereocenters. The number of amides is 1. The highest BCUT2D eigenvalue weighted by molar-refractivity contribution is 7.80. The molecule has 3 atom stereocenters. The van der Waals surface area contributed by atoms with E-state index in [-0.39, 0.29) is 5.91 Å². The molecule has 3 N–H and O–H groups in total. The molecule has 0 aromatic rings. The third kappa shape index (κ3) is 5.74. The molecular weight excluding hydrogens is 270 g/mol. The number of carbonyl (C=O) groups excluding carboxylic acids is 1. The van der Waals surface area contributed by atoms with Gasteiger partial charge in [-0.05, 0) is 37.4 Å². The molecule has 0 aromatic heterocycles. The zero-order valence-electron chi connectivity index (χ0n) is 12.5. The number of hydrazine groups is 1. The minimum atomic E-state index is -0.225.